The molecule has 0 aliphatic carbocycles. The summed E-state index contributed by atoms with van der Waals surface area (Å²) in [4.78, 5) is 11.9. The fourth-order valence-electron chi connectivity index (χ4n) is 1.86. The summed E-state index contributed by atoms with van der Waals surface area (Å²) in [6, 6.07) is 11.5. The zero-order valence-electron chi connectivity index (χ0n) is 12.9. The second kappa shape index (κ2) is 8.58. The van der Waals surface area contributed by atoms with Gasteiger partial charge in [-0.3, -0.25) is 4.79 Å². The van der Waals surface area contributed by atoms with Crippen LogP contribution in [-0.2, 0) is 6.18 Å². The third kappa shape index (κ3) is 5.84. The van der Waals surface area contributed by atoms with Crippen molar-refractivity contribution in [1.82, 2.24) is 5.32 Å². The molecule has 0 unspecified atom stereocenters. The third-order valence-electron chi connectivity index (χ3n) is 3.05. The van der Waals surface area contributed by atoms with Crippen molar-refractivity contribution in [3.63, 3.8) is 0 Å². The molecule has 25 heavy (non-hydrogen) atoms. The largest absolute Gasteiger partial charge is 0.481 e. The predicted molar refractivity (Wildman–Crippen MR) is 91.2 cm³/mol. The van der Waals surface area contributed by atoms with Gasteiger partial charge in [0.1, 0.15) is 12.4 Å². The Morgan fingerprint density at radius 3 is 2.60 bits per heavy atom. The molecule has 130 valence electrons. The number of rotatable bonds is 4. The highest BCUT2D eigenvalue weighted by atomic mass is 79.9. The maximum absolute atomic E-state index is 12.6. The van der Waals surface area contributed by atoms with Gasteiger partial charge in [-0.25, -0.2) is 0 Å². The van der Waals surface area contributed by atoms with Gasteiger partial charge in [-0.2, -0.15) is 13.2 Å². The van der Waals surface area contributed by atoms with Crippen molar-refractivity contribution in [3.05, 3.63) is 64.1 Å². The number of carbonyl (C=O) groups excluding carboxylic acids is 1. The lowest BCUT2D eigenvalue weighted by Crippen LogP contribution is -2.23. The fraction of sp³-hybridized carbons (Fsp3) is 0.167. The summed E-state index contributed by atoms with van der Waals surface area (Å²) in [5.74, 6) is 5.12. The van der Waals surface area contributed by atoms with Crippen molar-refractivity contribution < 1.29 is 22.7 Å². The number of ether oxygens (including phenoxy) is 1. The number of benzene rings is 2. The molecule has 7 heteroatoms. The number of amides is 1. The highest BCUT2D eigenvalue weighted by Crippen LogP contribution is 2.31. The van der Waals surface area contributed by atoms with Gasteiger partial charge in [0.05, 0.1) is 17.7 Å². The van der Waals surface area contributed by atoms with Crippen LogP contribution in [0.25, 0.3) is 0 Å². The Morgan fingerprint density at radius 2 is 1.88 bits per heavy atom. The molecule has 0 heterocycles. The van der Waals surface area contributed by atoms with Crippen LogP contribution in [-0.4, -0.2) is 19.1 Å². The number of hydrogen-bond acceptors (Lipinski definition) is 2. The molecule has 1 amide bonds. The predicted octanol–water partition coefficient (Wildman–Crippen LogP) is 4.28. The standard InChI is InChI=1S/C18H13BrF3NO2/c19-16-9-2-1-8-15(16)17(24)23-10-3-4-11-25-14-7-5-6-13(12-14)18(20,21)22/h1-2,5-9,12H,10-11H2,(H,23,24). The molecular weight excluding hydrogens is 399 g/mol. The Bertz CT molecular complexity index is 810. The van der Waals surface area contributed by atoms with Crippen LogP contribution in [0.15, 0.2) is 53.0 Å². The van der Waals surface area contributed by atoms with Gasteiger partial charge in [0, 0.05) is 4.47 Å². The smallest absolute Gasteiger partial charge is 0.416 e. The quantitative estimate of drug-likeness (QED) is 0.762. The molecule has 0 saturated heterocycles. The number of alkyl halides is 3. The van der Waals surface area contributed by atoms with Crippen molar-refractivity contribution in [2.24, 2.45) is 0 Å². The van der Waals surface area contributed by atoms with E-state index < -0.39 is 11.7 Å². The van der Waals surface area contributed by atoms with Crippen LogP contribution in [0.3, 0.4) is 0 Å². The third-order valence-corrected chi connectivity index (χ3v) is 3.74. The summed E-state index contributed by atoms with van der Waals surface area (Å²) in [5, 5.41) is 2.62. The molecule has 0 atom stereocenters. The second-order valence-corrected chi connectivity index (χ2v) is 5.68. The first-order valence-corrected chi connectivity index (χ1v) is 7.96. The average molecular weight is 412 g/mol. The van der Waals surface area contributed by atoms with Crippen molar-refractivity contribution in [1.29, 1.82) is 0 Å². The lowest BCUT2D eigenvalue weighted by Gasteiger charge is -2.08. The molecule has 0 aromatic heterocycles. The Kier molecular flexibility index (Phi) is 6.48. The van der Waals surface area contributed by atoms with Crippen LogP contribution >= 0.6 is 15.9 Å². The zero-order chi connectivity index (χ0) is 18.3. The van der Waals surface area contributed by atoms with Crippen LogP contribution in [0, 0.1) is 11.8 Å². The molecule has 0 aliphatic heterocycles. The molecule has 0 aliphatic rings. The van der Waals surface area contributed by atoms with E-state index in [1.54, 1.807) is 24.3 Å². The lowest BCUT2D eigenvalue weighted by atomic mass is 10.2. The van der Waals surface area contributed by atoms with E-state index in [1.165, 1.54) is 12.1 Å². The Labute approximate surface area is 151 Å². The van der Waals surface area contributed by atoms with Gasteiger partial charge >= 0.3 is 6.18 Å². The first-order chi connectivity index (χ1) is 11.9. The molecule has 2 rings (SSSR count). The van der Waals surface area contributed by atoms with E-state index >= 15 is 0 Å². The highest BCUT2D eigenvalue weighted by molar-refractivity contribution is 9.10. The van der Waals surface area contributed by atoms with Crippen molar-refractivity contribution in [2.45, 2.75) is 6.18 Å². The Hall–Kier alpha value is -2.46. The summed E-state index contributed by atoms with van der Waals surface area (Å²) in [6.45, 7) is 0.0261. The molecule has 1 N–H and O–H groups in total. The second-order valence-electron chi connectivity index (χ2n) is 4.83. The van der Waals surface area contributed by atoms with E-state index in [1.807, 2.05) is 0 Å². The number of halogens is 4. The van der Waals surface area contributed by atoms with E-state index in [-0.39, 0.29) is 24.8 Å². The molecule has 2 aromatic carbocycles. The molecule has 2 aromatic rings. The van der Waals surface area contributed by atoms with Gasteiger partial charge in [-0.15, -0.1) is 0 Å². The maximum Gasteiger partial charge on any atom is 0.416 e. The molecule has 3 nitrogen and oxygen atoms in total. The molecular formula is C18H13BrF3NO2. The summed E-state index contributed by atoms with van der Waals surface area (Å²) >= 11 is 3.28. The number of carbonyl (C=O) groups is 1. The van der Waals surface area contributed by atoms with Gasteiger partial charge in [0.25, 0.3) is 5.91 Å². The number of hydrogen-bond donors (Lipinski definition) is 1. The lowest BCUT2D eigenvalue weighted by molar-refractivity contribution is -0.137. The van der Waals surface area contributed by atoms with Gasteiger partial charge < -0.3 is 10.1 Å². The molecule has 0 radical (unpaired) electrons. The first-order valence-electron chi connectivity index (χ1n) is 7.16. The van der Waals surface area contributed by atoms with Crippen molar-refractivity contribution in [2.75, 3.05) is 13.2 Å². The first kappa shape index (κ1) is 18.9. The zero-order valence-corrected chi connectivity index (χ0v) is 14.4. The normalized spacial score (nSPS) is 10.6. The minimum absolute atomic E-state index is 0.0772. The van der Waals surface area contributed by atoms with E-state index in [4.69, 9.17) is 4.74 Å². The van der Waals surface area contributed by atoms with Crippen LogP contribution < -0.4 is 10.1 Å². The molecule has 0 spiro atoms. The minimum atomic E-state index is -4.42. The van der Waals surface area contributed by atoms with E-state index in [9.17, 15) is 18.0 Å². The average Bonchev–Trinajstić information content (AvgIpc) is 2.57. The van der Waals surface area contributed by atoms with Gasteiger partial charge in [0.2, 0.25) is 0 Å². The summed E-state index contributed by atoms with van der Waals surface area (Å²) < 4.78 is 43.6. The fourth-order valence-corrected chi connectivity index (χ4v) is 2.33. The van der Waals surface area contributed by atoms with Crippen LogP contribution in [0.1, 0.15) is 15.9 Å². The van der Waals surface area contributed by atoms with E-state index in [0.29, 0.717) is 10.0 Å². The Morgan fingerprint density at radius 1 is 1.12 bits per heavy atom. The highest BCUT2D eigenvalue weighted by Gasteiger charge is 2.30. The maximum atomic E-state index is 12.6. The van der Waals surface area contributed by atoms with Gasteiger partial charge in [-0.05, 0) is 46.3 Å². The topological polar surface area (TPSA) is 38.3 Å². The summed E-state index contributed by atoms with van der Waals surface area (Å²) in [7, 11) is 0. The monoisotopic (exact) mass is 411 g/mol. The Balaban J connectivity index is 1.80. The van der Waals surface area contributed by atoms with Crippen LogP contribution in [0.4, 0.5) is 13.2 Å². The summed E-state index contributed by atoms with van der Waals surface area (Å²) in [5.41, 5.74) is -0.289. The molecule has 0 fully saturated rings. The van der Waals surface area contributed by atoms with Crippen LogP contribution in [0.5, 0.6) is 5.75 Å². The van der Waals surface area contributed by atoms with Crippen molar-refractivity contribution in [3.8, 4) is 17.6 Å². The minimum Gasteiger partial charge on any atom is -0.481 e. The SMILES string of the molecule is O=C(NCC#CCOc1cccc(C(F)(F)F)c1)c1ccccc1Br. The summed E-state index contributed by atoms with van der Waals surface area (Å²) in [6.07, 6.45) is -4.42. The van der Waals surface area contributed by atoms with Gasteiger partial charge in [0.15, 0.2) is 0 Å². The van der Waals surface area contributed by atoms with Crippen molar-refractivity contribution >= 4 is 21.8 Å². The van der Waals surface area contributed by atoms with Gasteiger partial charge in [-0.1, -0.05) is 30.0 Å². The molecule has 0 saturated carbocycles. The van der Waals surface area contributed by atoms with E-state index in [0.717, 1.165) is 12.1 Å². The van der Waals surface area contributed by atoms with Crippen LogP contribution in [0.2, 0.25) is 0 Å². The molecule has 0 bridgehead atoms. The number of nitrogens with one attached hydrogen (secondary N) is 1. The van der Waals surface area contributed by atoms with E-state index in [2.05, 4.69) is 33.1 Å².